The molecule has 8 heteroatoms. The Kier molecular flexibility index (Phi) is 3.88. The van der Waals surface area contributed by atoms with Gasteiger partial charge in [-0.15, -0.1) is 0 Å². The van der Waals surface area contributed by atoms with Crippen molar-refractivity contribution >= 4 is 23.2 Å². The summed E-state index contributed by atoms with van der Waals surface area (Å²) in [6.45, 7) is -0.186. The van der Waals surface area contributed by atoms with Gasteiger partial charge in [-0.25, -0.2) is 0 Å². The van der Waals surface area contributed by atoms with Crippen molar-refractivity contribution in [2.24, 2.45) is 0 Å². The summed E-state index contributed by atoms with van der Waals surface area (Å²) in [6, 6.07) is 9.11. The molecule has 2 N–H and O–H groups in total. The van der Waals surface area contributed by atoms with Crippen LogP contribution in [0.15, 0.2) is 42.5 Å². The fourth-order valence-electron chi connectivity index (χ4n) is 2.32. The molecule has 0 bridgehead atoms. The highest BCUT2D eigenvalue weighted by Gasteiger charge is 2.34. The van der Waals surface area contributed by atoms with Crippen molar-refractivity contribution in [2.75, 3.05) is 17.2 Å². The Balaban J connectivity index is 1.94. The van der Waals surface area contributed by atoms with Crippen LogP contribution in [-0.4, -0.2) is 18.4 Å². The molecule has 0 fully saturated rings. The third kappa shape index (κ3) is 3.03. The number of fused-ring (bicyclic) bond motifs is 1. The molecule has 124 valence electrons. The van der Waals surface area contributed by atoms with E-state index in [2.05, 4.69) is 10.6 Å². The van der Waals surface area contributed by atoms with E-state index in [1.807, 2.05) is 0 Å². The zero-order chi connectivity index (χ0) is 17.3. The first-order chi connectivity index (χ1) is 11.4. The van der Waals surface area contributed by atoms with E-state index in [4.69, 9.17) is 4.74 Å². The molecule has 0 spiro atoms. The maximum Gasteiger partial charge on any atom is 0.418 e. The molecule has 24 heavy (non-hydrogen) atoms. The van der Waals surface area contributed by atoms with Crippen LogP contribution in [0.4, 0.5) is 24.5 Å². The molecule has 0 aliphatic carbocycles. The summed E-state index contributed by atoms with van der Waals surface area (Å²) in [6.07, 6.45) is -4.60. The predicted molar refractivity (Wildman–Crippen MR) is 80.0 cm³/mol. The number of nitrogens with one attached hydrogen (secondary N) is 2. The van der Waals surface area contributed by atoms with E-state index in [0.29, 0.717) is 0 Å². The number of para-hydroxylation sites is 2. The number of benzene rings is 2. The molecule has 0 atom stereocenters. The van der Waals surface area contributed by atoms with E-state index in [1.165, 1.54) is 24.3 Å². The molecule has 2 aromatic carbocycles. The average Bonchev–Trinajstić information content (AvgIpc) is 2.53. The zero-order valence-electron chi connectivity index (χ0n) is 12.1. The number of halogens is 3. The minimum Gasteiger partial charge on any atom is -0.482 e. The van der Waals surface area contributed by atoms with Crippen LogP contribution in [0.5, 0.6) is 5.75 Å². The van der Waals surface area contributed by atoms with Crippen molar-refractivity contribution in [1.29, 1.82) is 0 Å². The van der Waals surface area contributed by atoms with Crippen LogP contribution in [0.25, 0.3) is 0 Å². The minimum absolute atomic E-state index is 0.0116. The number of alkyl halides is 3. The Hall–Kier alpha value is -3.03. The number of anilines is 2. The summed E-state index contributed by atoms with van der Waals surface area (Å²) in [5, 5.41) is 4.73. The quantitative estimate of drug-likeness (QED) is 0.884. The molecule has 5 nitrogen and oxygen atoms in total. The summed E-state index contributed by atoms with van der Waals surface area (Å²) in [4.78, 5) is 23.8. The lowest BCUT2D eigenvalue weighted by molar-refractivity contribution is -0.136. The van der Waals surface area contributed by atoms with Gasteiger partial charge >= 0.3 is 6.18 Å². The molecular weight excluding hydrogens is 325 g/mol. The van der Waals surface area contributed by atoms with E-state index < -0.39 is 23.6 Å². The Morgan fingerprint density at radius 1 is 1.12 bits per heavy atom. The third-order valence-electron chi connectivity index (χ3n) is 3.37. The second-order valence-corrected chi connectivity index (χ2v) is 5.01. The van der Waals surface area contributed by atoms with Crippen molar-refractivity contribution in [2.45, 2.75) is 6.18 Å². The van der Waals surface area contributed by atoms with Gasteiger partial charge in [-0.1, -0.05) is 18.2 Å². The van der Waals surface area contributed by atoms with Crippen LogP contribution in [0.1, 0.15) is 15.9 Å². The van der Waals surface area contributed by atoms with Gasteiger partial charge in [0.2, 0.25) is 0 Å². The normalized spacial score (nSPS) is 13.5. The SMILES string of the molecule is O=C1COc2cccc(C(=O)Nc3ccccc3C(F)(F)F)c2N1. The Labute approximate surface area is 134 Å². The Morgan fingerprint density at radius 3 is 2.62 bits per heavy atom. The topological polar surface area (TPSA) is 67.4 Å². The van der Waals surface area contributed by atoms with Gasteiger partial charge in [0, 0.05) is 0 Å². The van der Waals surface area contributed by atoms with E-state index in [1.54, 1.807) is 6.07 Å². The average molecular weight is 336 g/mol. The van der Waals surface area contributed by atoms with E-state index in [-0.39, 0.29) is 29.3 Å². The van der Waals surface area contributed by atoms with Crippen molar-refractivity contribution in [1.82, 2.24) is 0 Å². The lowest BCUT2D eigenvalue weighted by atomic mass is 10.1. The molecule has 2 aromatic rings. The Morgan fingerprint density at radius 2 is 1.88 bits per heavy atom. The highest BCUT2D eigenvalue weighted by atomic mass is 19.4. The van der Waals surface area contributed by atoms with Crippen LogP contribution in [0.2, 0.25) is 0 Å². The van der Waals surface area contributed by atoms with Gasteiger partial charge in [0.05, 0.1) is 22.5 Å². The first-order valence-electron chi connectivity index (χ1n) is 6.89. The number of carbonyl (C=O) groups is 2. The van der Waals surface area contributed by atoms with Crippen LogP contribution in [0.3, 0.4) is 0 Å². The fraction of sp³-hybridized carbons (Fsp3) is 0.125. The predicted octanol–water partition coefficient (Wildman–Crippen LogP) is 3.29. The fourth-order valence-corrected chi connectivity index (χ4v) is 2.32. The number of amides is 2. The summed E-state index contributed by atoms with van der Waals surface area (Å²) >= 11 is 0. The number of ether oxygens (including phenoxy) is 1. The molecule has 0 unspecified atom stereocenters. The zero-order valence-corrected chi connectivity index (χ0v) is 12.1. The van der Waals surface area contributed by atoms with Crippen LogP contribution < -0.4 is 15.4 Å². The van der Waals surface area contributed by atoms with Crippen molar-refractivity contribution in [3.8, 4) is 5.75 Å². The molecule has 1 aliphatic rings. The smallest absolute Gasteiger partial charge is 0.418 e. The summed E-state index contributed by atoms with van der Waals surface area (Å²) in [7, 11) is 0. The molecule has 2 amide bonds. The standard InChI is InChI=1S/C16H11F3N2O3/c17-16(18,19)10-5-1-2-6-11(10)20-15(23)9-4-3-7-12-14(9)21-13(22)8-24-12/h1-7H,8H2,(H,20,23)(H,21,22). The van der Waals surface area contributed by atoms with Crippen molar-refractivity contribution < 1.29 is 27.5 Å². The van der Waals surface area contributed by atoms with Crippen molar-refractivity contribution in [3.05, 3.63) is 53.6 Å². The second kappa shape index (κ2) is 5.88. The highest BCUT2D eigenvalue weighted by molar-refractivity contribution is 6.12. The van der Waals surface area contributed by atoms with Crippen LogP contribution in [-0.2, 0) is 11.0 Å². The second-order valence-electron chi connectivity index (χ2n) is 5.01. The molecule has 1 heterocycles. The van der Waals surface area contributed by atoms with Gasteiger partial charge in [0.1, 0.15) is 5.75 Å². The number of hydrogen-bond donors (Lipinski definition) is 2. The largest absolute Gasteiger partial charge is 0.482 e. The lowest BCUT2D eigenvalue weighted by Gasteiger charge is -2.20. The summed E-state index contributed by atoms with van der Waals surface area (Å²) in [5.74, 6) is -0.945. The van der Waals surface area contributed by atoms with E-state index in [9.17, 15) is 22.8 Å². The van der Waals surface area contributed by atoms with Crippen LogP contribution in [0, 0.1) is 0 Å². The monoisotopic (exact) mass is 336 g/mol. The molecule has 0 radical (unpaired) electrons. The maximum absolute atomic E-state index is 13.0. The summed E-state index contributed by atoms with van der Waals surface area (Å²) < 4.78 is 44.2. The highest BCUT2D eigenvalue weighted by Crippen LogP contribution is 2.36. The van der Waals surface area contributed by atoms with E-state index in [0.717, 1.165) is 12.1 Å². The van der Waals surface area contributed by atoms with Crippen LogP contribution >= 0.6 is 0 Å². The van der Waals surface area contributed by atoms with Gasteiger partial charge in [-0.05, 0) is 24.3 Å². The molecule has 0 saturated heterocycles. The number of carbonyl (C=O) groups excluding carboxylic acids is 2. The first-order valence-corrected chi connectivity index (χ1v) is 6.89. The maximum atomic E-state index is 13.0. The van der Waals surface area contributed by atoms with Gasteiger partial charge < -0.3 is 15.4 Å². The lowest BCUT2D eigenvalue weighted by Crippen LogP contribution is -2.28. The number of hydrogen-bond acceptors (Lipinski definition) is 3. The Bertz CT molecular complexity index is 818. The van der Waals surface area contributed by atoms with Crippen molar-refractivity contribution in [3.63, 3.8) is 0 Å². The molecule has 3 rings (SSSR count). The minimum atomic E-state index is -4.60. The van der Waals surface area contributed by atoms with Gasteiger partial charge in [-0.2, -0.15) is 13.2 Å². The molecule has 1 aliphatic heterocycles. The first kappa shape index (κ1) is 15.9. The summed E-state index contributed by atoms with van der Waals surface area (Å²) in [5.41, 5.74) is -1.17. The molecular formula is C16H11F3N2O3. The van der Waals surface area contributed by atoms with Gasteiger partial charge in [0.15, 0.2) is 6.61 Å². The molecule has 0 saturated carbocycles. The third-order valence-corrected chi connectivity index (χ3v) is 3.37. The number of rotatable bonds is 2. The van der Waals surface area contributed by atoms with E-state index >= 15 is 0 Å². The molecule has 0 aromatic heterocycles. The van der Waals surface area contributed by atoms with Gasteiger partial charge in [-0.3, -0.25) is 9.59 Å². The van der Waals surface area contributed by atoms with Gasteiger partial charge in [0.25, 0.3) is 11.8 Å².